The number of nitrogens with zero attached hydrogens (tertiary/aromatic N) is 4. The average molecular weight is 316 g/mol. The highest BCUT2D eigenvalue weighted by Gasteiger charge is 2.43. The van der Waals surface area contributed by atoms with Crippen LogP contribution in [0.3, 0.4) is 0 Å². The largest absolute Gasteiger partial charge is 0.416 e. The lowest BCUT2D eigenvalue weighted by Crippen LogP contribution is -2.49. The lowest BCUT2D eigenvalue weighted by Gasteiger charge is -2.35. The molecular weight excluding hydrogens is 297 g/mol. The minimum Gasteiger partial charge on any atom is -0.365 e. The summed E-state index contributed by atoms with van der Waals surface area (Å²) in [5.74, 6) is 1.33. The fourth-order valence-electron chi connectivity index (χ4n) is 2.86. The van der Waals surface area contributed by atoms with Crippen LogP contribution in [0.2, 0.25) is 0 Å². The third kappa shape index (κ3) is 3.43. The molecule has 0 unspecified atom stereocenters. The van der Waals surface area contributed by atoms with Crippen LogP contribution >= 0.6 is 0 Å². The monoisotopic (exact) mass is 316 g/mol. The van der Waals surface area contributed by atoms with Crippen LogP contribution in [-0.4, -0.2) is 55.0 Å². The smallest absolute Gasteiger partial charge is 0.365 e. The Morgan fingerprint density at radius 2 is 1.68 bits per heavy atom. The van der Waals surface area contributed by atoms with E-state index in [1.54, 1.807) is 11.0 Å². The van der Waals surface area contributed by atoms with Gasteiger partial charge in [0.05, 0.1) is 13.2 Å². The van der Waals surface area contributed by atoms with Crippen molar-refractivity contribution in [1.29, 1.82) is 0 Å². The molecule has 0 saturated carbocycles. The topological polar surface area (TPSA) is 41.5 Å². The summed E-state index contributed by atoms with van der Waals surface area (Å²) in [5.41, 5.74) is 0. The van der Waals surface area contributed by atoms with E-state index in [9.17, 15) is 13.2 Å². The van der Waals surface area contributed by atoms with Crippen molar-refractivity contribution in [3.05, 3.63) is 12.4 Å². The first-order valence-electron chi connectivity index (χ1n) is 7.54. The zero-order valence-corrected chi connectivity index (χ0v) is 12.2. The summed E-state index contributed by atoms with van der Waals surface area (Å²) in [6.07, 6.45) is -1.22. The summed E-state index contributed by atoms with van der Waals surface area (Å²) < 4.78 is 43.2. The van der Waals surface area contributed by atoms with Crippen molar-refractivity contribution in [3.63, 3.8) is 0 Å². The second-order valence-electron chi connectivity index (χ2n) is 5.63. The van der Waals surface area contributed by atoms with E-state index >= 15 is 0 Å². The minimum absolute atomic E-state index is 0.0488. The Labute approximate surface area is 127 Å². The lowest BCUT2D eigenvalue weighted by molar-refractivity contribution is -0.221. The quantitative estimate of drug-likeness (QED) is 0.837. The normalized spacial score (nSPS) is 23.7. The first-order chi connectivity index (χ1) is 10.5. The SMILES string of the molecule is FC(F)(F)[C@@H]1CN(c2cc(N3CCCCC3)ncn2)CCO1. The van der Waals surface area contributed by atoms with Crippen molar-refractivity contribution in [3.8, 4) is 0 Å². The van der Waals surface area contributed by atoms with Gasteiger partial charge in [-0.2, -0.15) is 13.2 Å². The van der Waals surface area contributed by atoms with Crippen LogP contribution in [0.15, 0.2) is 12.4 Å². The summed E-state index contributed by atoms with van der Waals surface area (Å²) in [6.45, 7) is 2.10. The maximum absolute atomic E-state index is 12.8. The maximum Gasteiger partial charge on any atom is 0.416 e. The Morgan fingerprint density at radius 3 is 2.36 bits per heavy atom. The summed E-state index contributed by atoms with van der Waals surface area (Å²) in [7, 11) is 0. The van der Waals surface area contributed by atoms with Crippen LogP contribution in [0, 0.1) is 0 Å². The molecule has 0 N–H and O–H groups in total. The van der Waals surface area contributed by atoms with Crippen molar-refractivity contribution in [2.24, 2.45) is 0 Å². The van der Waals surface area contributed by atoms with E-state index in [4.69, 9.17) is 4.74 Å². The van der Waals surface area contributed by atoms with E-state index in [0.29, 0.717) is 12.4 Å². The molecule has 2 aliphatic rings. The molecule has 0 spiro atoms. The van der Waals surface area contributed by atoms with Crippen LogP contribution in [0.5, 0.6) is 0 Å². The first kappa shape index (κ1) is 15.3. The highest BCUT2D eigenvalue weighted by molar-refractivity contribution is 5.50. The molecule has 0 amide bonds. The Kier molecular flexibility index (Phi) is 4.37. The first-order valence-corrected chi connectivity index (χ1v) is 7.54. The number of morpholine rings is 1. The van der Waals surface area contributed by atoms with Crippen molar-refractivity contribution in [1.82, 2.24) is 9.97 Å². The van der Waals surface area contributed by atoms with Gasteiger partial charge in [-0.25, -0.2) is 9.97 Å². The van der Waals surface area contributed by atoms with Crippen molar-refractivity contribution >= 4 is 11.6 Å². The number of piperidine rings is 1. The molecule has 0 aliphatic carbocycles. The second-order valence-corrected chi connectivity index (χ2v) is 5.63. The lowest BCUT2D eigenvalue weighted by atomic mass is 10.1. The van der Waals surface area contributed by atoms with Crippen molar-refractivity contribution in [2.75, 3.05) is 42.6 Å². The van der Waals surface area contributed by atoms with E-state index in [1.165, 1.54) is 12.7 Å². The van der Waals surface area contributed by atoms with Gasteiger partial charge >= 0.3 is 6.18 Å². The van der Waals surface area contributed by atoms with E-state index in [-0.39, 0.29) is 13.2 Å². The van der Waals surface area contributed by atoms with Gasteiger partial charge in [0.25, 0.3) is 0 Å². The fourth-order valence-corrected chi connectivity index (χ4v) is 2.86. The molecule has 1 aromatic rings. The number of anilines is 2. The van der Waals surface area contributed by atoms with Crippen LogP contribution in [0.25, 0.3) is 0 Å². The second kappa shape index (κ2) is 6.28. The van der Waals surface area contributed by atoms with Gasteiger partial charge in [-0.15, -0.1) is 0 Å². The highest BCUT2D eigenvalue weighted by Crippen LogP contribution is 2.28. The van der Waals surface area contributed by atoms with Gasteiger partial charge in [0, 0.05) is 25.7 Å². The van der Waals surface area contributed by atoms with Gasteiger partial charge < -0.3 is 14.5 Å². The molecular formula is C14H19F3N4O. The van der Waals surface area contributed by atoms with Gasteiger partial charge in [0.1, 0.15) is 18.0 Å². The number of aromatic nitrogens is 2. The van der Waals surface area contributed by atoms with Gasteiger partial charge in [0.15, 0.2) is 6.10 Å². The zero-order valence-electron chi connectivity index (χ0n) is 12.2. The number of rotatable bonds is 2. The molecule has 3 heterocycles. The number of ether oxygens (including phenoxy) is 1. The molecule has 0 aromatic carbocycles. The molecule has 5 nitrogen and oxygen atoms in total. The predicted octanol–water partition coefficient (Wildman–Crippen LogP) is 2.23. The summed E-state index contributed by atoms with van der Waals surface area (Å²) in [4.78, 5) is 12.2. The van der Waals surface area contributed by atoms with Crippen molar-refractivity contribution < 1.29 is 17.9 Å². The predicted molar refractivity (Wildman–Crippen MR) is 76.1 cm³/mol. The zero-order chi connectivity index (χ0) is 15.6. The van der Waals surface area contributed by atoms with Crippen LogP contribution in [0.1, 0.15) is 19.3 Å². The molecule has 2 fully saturated rings. The number of hydrogen-bond donors (Lipinski definition) is 0. The summed E-state index contributed by atoms with van der Waals surface area (Å²) >= 11 is 0. The highest BCUT2D eigenvalue weighted by atomic mass is 19.4. The third-order valence-corrected chi connectivity index (χ3v) is 4.07. The molecule has 2 aliphatic heterocycles. The van der Waals surface area contributed by atoms with E-state index in [2.05, 4.69) is 14.9 Å². The third-order valence-electron chi connectivity index (χ3n) is 4.07. The molecule has 122 valence electrons. The van der Waals surface area contributed by atoms with Crippen molar-refractivity contribution in [2.45, 2.75) is 31.5 Å². The Bertz CT molecular complexity index is 505. The fraction of sp³-hybridized carbons (Fsp3) is 0.714. The molecule has 2 saturated heterocycles. The average Bonchev–Trinajstić information content (AvgIpc) is 2.55. The Hall–Kier alpha value is -1.57. The molecule has 22 heavy (non-hydrogen) atoms. The van der Waals surface area contributed by atoms with Crippen LogP contribution in [0.4, 0.5) is 24.8 Å². The van der Waals surface area contributed by atoms with E-state index in [1.807, 2.05) is 0 Å². The minimum atomic E-state index is -4.35. The molecule has 0 radical (unpaired) electrons. The molecule has 1 atom stereocenters. The number of alkyl halides is 3. The molecule has 1 aromatic heterocycles. The summed E-state index contributed by atoms with van der Waals surface area (Å²) in [6, 6.07) is 1.78. The van der Waals surface area contributed by atoms with Crippen LogP contribution in [-0.2, 0) is 4.74 Å². The van der Waals surface area contributed by atoms with Gasteiger partial charge in [-0.1, -0.05) is 0 Å². The Morgan fingerprint density at radius 1 is 1.00 bits per heavy atom. The summed E-state index contributed by atoms with van der Waals surface area (Å²) in [5, 5.41) is 0. The number of halogens is 3. The number of hydrogen-bond acceptors (Lipinski definition) is 5. The Balaban J connectivity index is 1.74. The van der Waals surface area contributed by atoms with E-state index in [0.717, 1.165) is 31.7 Å². The standard InChI is InChI=1S/C14H19F3N4O/c15-14(16,17)11-9-21(6-7-22-11)13-8-12(18-10-19-13)20-4-2-1-3-5-20/h8,10-11H,1-7,9H2/t11-/m0/s1. The van der Waals surface area contributed by atoms with Crippen LogP contribution < -0.4 is 9.80 Å². The van der Waals surface area contributed by atoms with E-state index < -0.39 is 12.3 Å². The van der Waals surface area contributed by atoms with Gasteiger partial charge in [-0.3, -0.25) is 0 Å². The van der Waals surface area contributed by atoms with Gasteiger partial charge in [-0.05, 0) is 19.3 Å². The van der Waals surface area contributed by atoms with Gasteiger partial charge in [0.2, 0.25) is 0 Å². The maximum atomic E-state index is 12.8. The molecule has 8 heteroatoms. The molecule has 0 bridgehead atoms. The molecule has 3 rings (SSSR count).